The maximum Gasteiger partial charge on any atom is 0.234 e. The van der Waals surface area contributed by atoms with Gasteiger partial charge >= 0.3 is 0 Å². The first kappa shape index (κ1) is 19.1. The topological polar surface area (TPSA) is 58.2 Å². The number of aryl methyl sites for hydroxylation is 2. The van der Waals surface area contributed by atoms with E-state index in [1.807, 2.05) is 48.5 Å². The molecule has 4 nitrogen and oxygen atoms in total. The van der Waals surface area contributed by atoms with E-state index in [1.165, 1.54) is 22.9 Å². The molecule has 0 saturated heterocycles. The van der Waals surface area contributed by atoms with E-state index < -0.39 is 0 Å². The molecule has 0 spiro atoms. The molecule has 0 radical (unpaired) electrons. The number of amides is 2. The molecule has 0 bridgehead atoms. The highest BCUT2D eigenvalue weighted by atomic mass is 32.2. The van der Waals surface area contributed by atoms with Crippen LogP contribution in [0.5, 0.6) is 0 Å². The maximum atomic E-state index is 12.0. The van der Waals surface area contributed by atoms with Crippen LogP contribution in [0, 0.1) is 0 Å². The molecule has 0 aromatic heterocycles. The summed E-state index contributed by atoms with van der Waals surface area (Å²) in [5.41, 5.74) is 3.95. The summed E-state index contributed by atoms with van der Waals surface area (Å²) in [4.78, 5) is 23.9. The molecule has 2 amide bonds. The fourth-order valence-electron chi connectivity index (χ4n) is 2.37. The minimum Gasteiger partial charge on any atom is -0.325 e. The van der Waals surface area contributed by atoms with E-state index in [0.29, 0.717) is 0 Å². The van der Waals surface area contributed by atoms with Gasteiger partial charge in [-0.25, -0.2) is 0 Å². The van der Waals surface area contributed by atoms with Crippen LogP contribution in [0.3, 0.4) is 0 Å². The lowest BCUT2D eigenvalue weighted by atomic mass is 10.1. The number of thioether (sulfide) groups is 1. The number of carbonyl (C=O) groups excluding carboxylic acids is 2. The average molecular weight is 356 g/mol. The van der Waals surface area contributed by atoms with Crippen molar-refractivity contribution in [2.45, 2.75) is 26.7 Å². The zero-order chi connectivity index (χ0) is 18.1. The standard InChI is InChI=1S/C20H24N2O2S/c1-3-15-7-5-9-17(11-15)21-19(23)13-25-14-20(24)22-18-10-6-8-16(4-2)12-18/h5-12H,3-4,13-14H2,1-2H3,(H,21,23)(H,22,24). The first-order valence-corrected chi connectivity index (χ1v) is 9.61. The van der Waals surface area contributed by atoms with Crippen LogP contribution >= 0.6 is 11.8 Å². The second kappa shape index (κ2) is 9.89. The van der Waals surface area contributed by atoms with Crippen molar-refractivity contribution in [3.05, 3.63) is 59.7 Å². The predicted molar refractivity (Wildman–Crippen MR) is 106 cm³/mol. The van der Waals surface area contributed by atoms with Gasteiger partial charge in [0.15, 0.2) is 0 Å². The van der Waals surface area contributed by atoms with Gasteiger partial charge in [0.1, 0.15) is 0 Å². The lowest BCUT2D eigenvalue weighted by molar-refractivity contribution is -0.114. The van der Waals surface area contributed by atoms with Crippen LogP contribution in [0.4, 0.5) is 11.4 Å². The van der Waals surface area contributed by atoms with Gasteiger partial charge in [-0.1, -0.05) is 38.1 Å². The highest BCUT2D eigenvalue weighted by Crippen LogP contribution is 2.13. The van der Waals surface area contributed by atoms with Crippen molar-refractivity contribution in [2.24, 2.45) is 0 Å². The Bertz CT molecular complexity index is 670. The summed E-state index contributed by atoms with van der Waals surface area (Å²) in [7, 11) is 0. The zero-order valence-electron chi connectivity index (χ0n) is 14.7. The quantitative estimate of drug-likeness (QED) is 0.748. The molecule has 0 atom stereocenters. The number of rotatable bonds is 8. The van der Waals surface area contributed by atoms with Crippen molar-refractivity contribution in [2.75, 3.05) is 22.1 Å². The summed E-state index contributed by atoms with van der Waals surface area (Å²) in [5.74, 6) is 0.301. The lowest BCUT2D eigenvalue weighted by Crippen LogP contribution is -2.18. The largest absolute Gasteiger partial charge is 0.325 e. The Labute approximate surface area is 153 Å². The van der Waals surface area contributed by atoms with Crippen molar-refractivity contribution in [1.82, 2.24) is 0 Å². The van der Waals surface area contributed by atoms with E-state index in [0.717, 1.165) is 24.2 Å². The van der Waals surface area contributed by atoms with Crippen LogP contribution in [-0.4, -0.2) is 23.3 Å². The molecule has 0 heterocycles. The number of hydrogen-bond acceptors (Lipinski definition) is 3. The molecule has 132 valence electrons. The Balaban J connectivity index is 1.73. The third-order valence-corrected chi connectivity index (χ3v) is 4.64. The second-order valence-electron chi connectivity index (χ2n) is 5.70. The molecule has 0 aliphatic heterocycles. The monoisotopic (exact) mass is 356 g/mol. The Morgan fingerprint density at radius 3 is 1.64 bits per heavy atom. The van der Waals surface area contributed by atoms with Crippen LogP contribution in [-0.2, 0) is 22.4 Å². The Hall–Kier alpha value is -2.27. The Morgan fingerprint density at radius 1 is 0.800 bits per heavy atom. The van der Waals surface area contributed by atoms with Gasteiger partial charge in [-0.15, -0.1) is 11.8 Å². The smallest absolute Gasteiger partial charge is 0.234 e. The van der Waals surface area contributed by atoms with Crippen molar-refractivity contribution in [3.63, 3.8) is 0 Å². The molecule has 5 heteroatoms. The minimum absolute atomic E-state index is 0.0981. The predicted octanol–water partition coefficient (Wildman–Crippen LogP) is 4.12. The highest BCUT2D eigenvalue weighted by molar-refractivity contribution is 8.00. The van der Waals surface area contributed by atoms with Crippen LogP contribution in [0.2, 0.25) is 0 Å². The molecule has 2 N–H and O–H groups in total. The molecular formula is C20H24N2O2S. The minimum atomic E-state index is -0.0981. The van der Waals surface area contributed by atoms with Gasteiger partial charge in [-0.05, 0) is 48.2 Å². The van der Waals surface area contributed by atoms with Crippen molar-refractivity contribution in [3.8, 4) is 0 Å². The van der Waals surface area contributed by atoms with E-state index in [-0.39, 0.29) is 23.3 Å². The zero-order valence-corrected chi connectivity index (χ0v) is 15.5. The Kier molecular flexibility index (Phi) is 7.54. The first-order valence-electron chi connectivity index (χ1n) is 8.46. The third-order valence-electron chi connectivity index (χ3n) is 3.70. The van der Waals surface area contributed by atoms with Crippen LogP contribution < -0.4 is 10.6 Å². The van der Waals surface area contributed by atoms with Crippen LogP contribution in [0.15, 0.2) is 48.5 Å². The van der Waals surface area contributed by atoms with E-state index in [2.05, 4.69) is 24.5 Å². The molecular weight excluding hydrogens is 332 g/mol. The SMILES string of the molecule is CCc1cccc(NC(=O)CSCC(=O)Nc2cccc(CC)c2)c1. The van der Waals surface area contributed by atoms with Gasteiger partial charge in [0.2, 0.25) is 11.8 Å². The number of benzene rings is 2. The van der Waals surface area contributed by atoms with E-state index in [4.69, 9.17) is 0 Å². The molecule has 25 heavy (non-hydrogen) atoms. The molecule has 0 aliphatic carbocycles. The summed E-state index contributed by atoms with van der Waals surface area (Å²) in [5, 5.41) is 5.73. The lowest BCUT2D eigenvalue weighted by Gasteiger charge is -2.08. The summed E-state index contributed by atoms with van der Waals surface area (Å²) in [6, 6.07) is 15.6. The average Bonchev–Trinajstić information content (AvgIpc) is 2.62. The molecule has 2 aromatic rings. The first-order chi connectivity index (χ1) is 12.1. The van der Waals surface area contributed by atoms with Crippen LogP contribution in [0.1, 0.15) is 25.0 Å². The fourth-order valence-corrected chi connectivity index (χ4v) is 2.99. The molecule has 0 saturated carbocycles. The second-order valence-corrected chi connectivity index (χ2v) is 6.68. The normalized spacial score (nSPS) is 10.3. The summed E-state index contributed by atoms with van der Waals surface area (Å²) < 4.78 is 0. The summed E-state index contributed by atoms with van der Waals surface area (Å²) in [6.45, 7) is 4.15. The summed E-state index contributed by atoms with van der Waals surface area (Å²) >= 11 is 1.30. The van der Waals surface area contributed by atoms with Gasteiger partial charge in [-0.2, -0.15) is 0 Å². The van der Waals surface area contributed by atoms with E-state index in [9.17, 15) is 9.59 Å². The molecule has 0 aliphatic rings. The number of carbonyl (C=O) groups is 2. The highest BCUT2D eigenvalue weighted by Gasteiger charge is 2.07. The number of hydrogen-bond donors (Lipinski definition) is 2. The van der Waals surface area contributed by atoms with Gasteiger partial charge in [0.25, 0.3) is 0 Å². The van der Waals surface area contributed by atoms with Crippen molar-refractivity contribution >= 4 is 35.0 Å². The third kappa shape index (κ3) is 6.63. The maximum absolute atomic E-state index is 12.0. The van der Waals surface area contributed by atoms with Gasteiger partial charge in [0.05, 0.1) is 11.5 Å². The number of anilines is 2. The van der Waals surface area contributed by atoms with Crippen molar-refractivity contribution in [1.29, 1.82) is 0 Å². The van der Waals surface area contributed by atoms with Gasteiger partial charge in [0, 0.05) is 11.4 Å². The number of nitrogens with one attached hydrogen (secondary N) is 2. The molecule has 0 fully saturated rings. The molecule has 0 unspecified atom stereocenters. The fraction of sp³-hybridized carbons (Fsp3) is 0.300. The van der Waals surface area contributed by atoms with E-state index in [1.54, 1.807) is 0 Å². The molecule has 2 rings (SSSR count). The van der Waals surface area contributed by atoms with Gasteiger partial charge in [-0.3, -0.25) is 9.59 Å². The van der Waals surface area contributed by atoms with Crippen LogP contribution in [0.25, 0.3) is 0 Å². The summed E-state index contributed by atoms with van der Waals surface area (Å²) in [6.07, 6.45) is 1.86. The van der Waals surface area contributed by atoms with Gasteiger partial charge < -0.3 is 10.6 Å². The molecule has 2 aromatic carbocycles. The Morgan fingerprint density at radius 2 is 1.24 bits per heavy atom. The van der Waals surface area contributed by atoms with E-state index >= 15 is 0 Å². The van der Waals surface area contributed by atoms with Crippen molar-refractivity contribution < 1.29 is 9.59 Å².